The van der Waals surface area contributed by atoms with Crippen LogP contribution >= 0.6 is 0 Å². The van der Waals surface area contributed by atoms with E-state index in [2.05, 4.69) is 25.3 Å². The molecular weight excluding hydrogens is 330 g/mol. The first-order chi connectivity index (χ1) is 12.6. The van der Waals surface area contributed by atoms with Gasteiger partial charge in [0.1, 0.15) is 5.82 Å². The second kappa shape index (κ2) is 8.42. The Labute approximate surface area is 153 Å². The van der Waals surface area contributed by atoms with Crippen molar-refractivity contribution in [3.05, 3.63) is 54.0 Å². The third-order valence-corrected chi connectivity index (χ3v) is 4.22. The highest BCUT2D eigenvalue weighted by Gasteiger charge is 2.26. The van der Waals surface area contributed by atoms with Crippen molar-refractivity contribution in [1.29, 1.82) is 0 Å². The van der Waals surface area contributed by atoms with Gasteiger partial charge in [-0.25, -0.2) is 4.98 Å². The summed E-state index contributed by atoms with van der Waals surface area (Å²) in [5, 5.41) is 6.74. The molecule has 1 amide bonds. The van der Waals surface area contributed by atoms with E-state index in [9.17, 15) is 4.79 Å². The van der Waals surface area contributed by atoms with Gasteiger partial charge < -0.3 is 15.1 Å². The summed E-state index contributed by atoms with van der Waals surface area (Å²) in [5.41, 5.74) is 2.83. The molecule has 0 unspecified atom stereocenters. The van der Waals surface area contributed by atoms with Crippen LogP contribution in [0.5, 0.6) is 0 Å². The summed E-state index contributed by atoms with van der Waals surface area (Å²) >= 11 is 0. The molecule has 0 bridgehead atoms. The molecule has 2 aromatic rings. The van der Waals surface area contributed by atoms with Crippen molar-refractivity contribution in [2.75, 3.05) is 18.5 Å². The number of rotatable bonds is 7. The summed E-state index contributed by atoms with van der Waals surface area (Å²) in [6.07, 6.45) is 4.39. The van der Waals surface area contributed by atoms with E-state index in [1.54, 1.807) is 12.4 Å². The van der Waals surface area contributed by atoms with Crippen molar-refractivity contribution < 1.29 is 9.63 Å². The zero-order valence-corrected chi connectivity index (χ0v) is 15.1. The number of hydrogen-bond donors (Lipinski definition) is 1. The lowest BCUT2D eigenvalue weighted by Gasteiger charge is -2.21. The number of nitrogens with zero attached hydrogens (tertiary/aromatic N) is 4. The van der Waals surface area contributed by atoms with Crippen LogP contribution in [-0.4, -0.2) is 41.3 Å². The Kier molecular flexibility index (Phi) is 5.78. The smallest absolute Gasteiger partial charge is 0.264 e. The van der Waals surface area contributed by atoms with Gasteiger partial charge in [0.15, 0.2) is 0 Å². The van der Waals surface area contributed by atoms with Crippen LogP contribution < -0.4 is 10.2 Å². The molecule has 7 nitrogen and oxygen atoms in total. The number of hydrogen-bond acceptors (Lipinski definition) is 6. The van der Waals surface area contributed by atoms with E-state index in [0.717, 1.165) is 35.8 Å². The highest BCUT2D eigenvalue weighted by molar-refractivity contribution is 5.91. The Balaban J connectivity index is 1.57. The van der Waals surface area contributed by atoms with E-state index in [-0.39, 0.29) is 5.91 Å². The van der Waals surface area contributed by atoms with Crippen LogP contribution in [0.2, 0.25) is 0 Å². The van der Waals surface area contributed by atoms with Crippen LogP contribution in [0.15, 0.2) is 47.9 Å². The van der Waals surface area contributed by atoms with Gasteiger partial charge in [-0.15, -0.1) is 0 Å². The number of aromatic nitrogens is 2. The Morgan fingerprint density at radius 1 is 1.27 bits per heavy atom. The fraction of sp³-hybridized carbons (Fsp3) is 0.368. The number of likely N-dealkylation sites (N-methyl/N-ethyl adjacent to an activating group) is 1. The molecule has 2 aromatic heterocycles. The zero-order chi connectivity index (χ0) is 18.4. The number of amides is 1. The van der Waals surface area contributed by atoms with Crippen molar-refractivity contribution >= 4 is 17.4 Å². The number of pyridine rings is 2. The van der Waals surface area contributed by atoms with Gasteiger partial charge in [-0.05, 0) is 25.1 Å². The third-order valence-electron chi connectivity index (χ3n) is 4.22. The quantitative estimate of drug-likeness (QED) is 0.823. The molecule has 0 saturated heterocycles. The summed E-state index contributed by atoms with van der Waals surface area (Å²) in [4.78, 5) is 28.2. The number of carbonyl (C=O) groups excluding carboxylic acids is 1. The molecule has 1 atom stereocenters. The van der Waals surface area contributed by atoms with Crippen LogP contribution in [0, 0.1) is 0 Å². The van der Waals surface area contributed by atoms with E-state index in [1.807, 2.05) is 44.3 Å². The van der Waals surface area contributed by atoms with E-state index in [0.29, 0.717) is 13.0 Å². The minimum atomic E-state index is -0.531. The summed E-state index contributed by atoms with van der Waals surface area (Å²) in [6, 6.07) is 9.75. The summed E-state index contributed by atoms with van der Waals surface area (Å²) in [7, 11) is 1.99. The van der Waals surface area contributed by atoms with Crippen LogP contribution in [0.3, 0.4) is 0 Å². The van der Waals surface area contributed by atoms with Crippen molar-refractivity contribution in [1.82, 2.24) is 15.3 Å². The lowest BCUT2D eigenvalue weighted by molar-refractivity contribution is -0.131. The van der Waals surface area contributed by atoms with E-state index in [1.165, 1.54) is 0 Å². The molecule has 136 valence electrons. The van der Waals surface area contributed by atoms with Gasteiger partial charge in [0.05, 0.1) is 5.71 Å². The van der Waals surface area contributed by atoms with Gasteiger partial charge in [-0.1, -0.05) is 17.3 Å². The number of oxime groups is 1. The molecule has 0 saturated carbocycles. The first kappa shape index (κ1) is 17.8. The molecule has 7 heteroatoms. The van der Waals surface area contributed by atoms with E-state index in [4.69, 9.17) is 4.84 Å². The first-order valence-corrected chi connectivity index (χ1v) is 8.65. The van der Waals surface area contributed by atoms with Crippen LogP contribution in [0.25, 0.3) is 0 Å². The molecule has 1 aliphatic heterocycles. The molecule has 0 fully saturated rings. The van der Waals surface area contributed by atoms with Gasteiger partial charge in [0.2, 0.25) is 6.10 Å². The summed E-state index contributed by atoms with van der Waals surface area (Å²) < 4.78 is 0. The highest BCUT2D eigenvalue weighted by atomic mass is 16.6. The second-order valence-electron chi connectivity index (χ2n) is 6.32. The number of carbonyl (C=O) groups is 1. The lowest BCUT2D eigenvalue weighted by atomic mass is 10.2. The minimum Gasteiger partial charge on any atom is -0.382 e. The maximum atomic E-state index is 12.2. The molecule has 3 rings (SSSR count). The number of nitrogens with one attached hydrogen (secondary N) is 1. The van der Waals surface area contributed by atoms with Crippen molar-refractivity contribution in [2.24, 2.45) is 5.16 Å². The van der Waals surface area contributed by atoms with Crippen molar-refractivity contribution in [3.63, 3.8) is 0 Å². The second-order valence-corrected chi connectivity index (χ2v) is 6.32. The molecule has 26 heavy (non-hydrogen) atoms. The van der Waals surface area contributed by atoms with Gasteiger partial charge >= 0.3 is 0 Å². The fourth-order valence-corrected chi connectivity index (χ4v) is 2.78. The molecule has 0 spiro atoms. The topological polar surface area (TPSA) is 79.7 Å². The normalized spacial score (nSPS) is 15.9. The average molecular weight is 353 g/mol. The number of anilines is 1. The molecule has 0 aliphatic carbocycles. The summed E-state index contributed by atoms with van der Waals surface area (Å²) in [5.74, 6) is 0.694. The summed E-state index contributed by atoms with van der Waals surface area (Å²) in [6.45, 7) is 3.03. The Hall–Kier alpha value is -2.96. The first-order valence-electron chi connectivity index (χ1n) is 8.65. The standard InChI is InChI=1S/C19H23N5O2/c1-14-12-17(26-23-14)19(25)22-13-15-6-5-10-21-18(15)24(2)11-8-16-7-3-4-9-20-16/h3-7,9-10,17H,8,11-13H2,1-2H3,(H,22,25)/t17-/m1/s1. The van der Waals surface area contributed by atoms with Gasteiger partial charge in [-0.3, -0.25) is 9.78 Å². The monoisotopic (exact) mass is 353 g/mol. The van der Waals surface area contributed by atoms with Crippen LogP contribution in [0.4, 0.5) is 5.82 Å². The van der Waals surface area contributed by atoms with E-state index >= 15 is 0 Å². The Bertz CT molecular complexity index is 779. The largest absolute Gasteiger partial charge is 0.382 e. The maximum Gasteiger partial charge on any atom is 0.264 e. The minimum absolute atomic E-state index is 0.156. The van der Waals surface area contributed by atoms with Gasteiger partial charge in [-0.2, -0.15) is 0 Å². The van der Waals surface area contributed by atoms with Gasteiger partial charge in [0, 0.05) is 56.6 Å². The maximum absolute atomic E-state index is 12.2. The van der Waals surface area contributed by atoms with Gasteiger partial charge in [0.25, 0.3) is 5.91 Å². The van der Waals surface area contributed by atoms with Crippen molar-refractivity contribution in [3.8, 4) is 0 Å². The third kappa shape index (κ3) is 4.56. The average Bonchev–Trinajstić information content (AvgIpc) is 3.12. The van der Waals surface area contributed by atoms with Crippen molar-refractivity contribution in [2.45, 2.75) is 32.4 Å². The predicted molar refractivity (Wildman–Crippen MR) is 99.9 cm³/mol. The van der Waals surface area contributed by atoms with Crippen LogP contribution in [0.1, 0.15) is 24.6 Å². The van der Waals surface area contributed by atoms with Crippen LogP contribution in [-0.2, 0) is 22.6 Å². The lowest BCUT2D eigenvalue weighted by Crippen LogP contribution is -2.34. The Morgan fingerprint density at radius 2 is 2.12 bits per heavy atom. The molecule has 1 aliphatic rings. The SMILES string of the molecule is CC1=NO[C@@H](C(=O)NCc2cccnc2N(C)CCc2ccccn2)C1. The molecule has 0 radical (unpaired) electrons. The molecule has 0 aromatic carbocycles. The Morgan fingerprint density at radius 3 is 2.85 bits per heavy atom. The highest BCUT2D eigenvalue weighted by Crippen LogP contribution is 2.17. The molecular formula is C19H23N5O2. The molecule has 3 heterocycles. The predicted octanol–water partition coefficient (Wildman–Crippen LogP) is 1.94. The zero-order valence-electron chi connectivity index (χ0n) is 15.1. The van der Waals surface area contributed by atoms with E-state index < -0.39 is 6.10 Å². The fourth-order valence-electron chi connectivity index (χ4n) is 2.78. The molecule has 1 N–H and O–H groups in total.